The Hall–Kier alpha value is -1.39. The molecule has 0 fully saturated rings. The van der Waals surface area contributed by atoms with E-state index in [2.05, 4.69) is 5.32 Å². The number of carboxylic acids is 1. The van der Waals surface area contributed by atoms with Crippen LogP contribution in [0, 0.1) is 0 Å². The normalized spacial score (nSPS) is 9.67. The average molecular weight is 215 g/mol. The maximum absolute atomic E-state index is 11.1. The Morgan fingerprint density at radius 3 is 2.33 bits per heavy atom. The van der Waals surface area contributed by atoms with Crippen LogP contribution in [0.5, 0.6) is 0 Å². The van der Waals surface area contributed by atoms with Gasteiger partial charge in [0, 0.05) is 19.3 Å². The van der Waals surface area contributed by atoms with Crippen LogP contribution in [-0.4, -0.2) is 29.3 Å². The molecule has 0 aromatic heterocycles. The van der Waals surface area contributed by atoms with E-state index in [0.717, 1.165) is 6.42 Å². The highest BCUT2D eigenvalue weighted by molar-refractivity contribution is 5.86. The van der Waals surface area contributed by atoms with Crippen molar-refractivity contribution in [2.45, 2.75) is 39.0 Å². The van der Waals surface area contributed by atoms with Gasteiger partial charge < -0.3 is 10.4 Å². The molecule has 86 valence electrons. The Bertz CT molecular complexity index is 238. The quantitative estimate of drug-likeness (QED) is 0.625. The van der Waals surface area contributed by atoms with E-state index in [1.807, 2.05) is 6.92 Å². The van der Waals surface area contributed by atoms with E-state index < -0.39 is 5.97 Å². The number of aliphatic carboxylic acids is 1. The monoisotopic (exact) mass is 215 g/mol. The van der Waals surface area contributed by atoms with E-state index in [0.29, 0.717) is 12.8 Å². The van der Waals surface area contributed by atoms with Gasteiger partial charge in [0.15, 0.2) is 5.78 Å². The molecule has 2 N–H and O–H groups in total. The smallest absolute Gasteiger partial charge is 0.303 e. The topological polar surface area (TPSA) is 83.5 Å². The second kappa shape index (κ2) is 7.96. The SMILES string of the molecule is CCCC(=O)NCC(=O)CCCC(=O)O. The molecule has 0 aliphatic carbocycles. The van der Waals surface area contributed by atoms with Crippen molar-refractivity contribution in [2.75, 3.05) is 6.54 Å². The Kier molecular flexibility index (Phi) is 7.23. The zero-order valence-corrected chi connectivity index (χ0v) is 8.91. The highest BCUT2D eigenvalue weighted by atomic mass is 16.4. The lowest BCUT2D eigenvalue weighted by Gasteiger charge is -2.02. The summed E-state index contributed by atoms with van der Waals surface area (Å²) in [5, 5.41) is 10.8. The number of carboxylic acid groups (broad SMARTS) is 1. The van der Waals surface area contributed by atoms with Crippen LogP contribution in [0.25, 0.3) is 0 Å². The molecule has 0 saturated heterocycles. The molecule has 0 saturated carbocycles. The molecule has 0 heterocycles. The maximum atomic E-state index is 11.1. The van der Waals surface area contributed by atoms with Crippen LogP contribution in [0.4, 0.5) is 0 Å². The van der Waals surface area contributed by atoms with E-state index in [-0.39, 0.29) is 31.1 Å². The summed E-state index contributed by atoms with van der Waals surface area (Å²) in [6.45, 7) is 1.90. The Labute approximate surface area is 88.9 Å². The minimum atomic E-state index is -0.905. The Morgan fingerprint density at radius 2 is 1.80 bits per heavy atom. The summed E-state index contributed by atoms with van der Waals surface area (Å²) in [4.78, 5) is 32.2. The van der Waals surface area contributed by atoms with E-state index in [9.17, 15) is 14.4 Å². The Morgan fingerprint density at radius 1 is 1.13 bits per heavy atom. The van der Waals surface area contributed by atoms with Crippen LogP contribution >= 0.6 is 0 Å². The van der Waals surface area contributed by atoms with Crippen LogP contribution < -0.4 is 5.32 Å². The fourth-order valence-electron chi connectivity index (χ4n) is 1.04. The zero-order valence-electron chi connectivity index (χ0n) is 8.91. The molecule has 0 aliphatic heterocycles. The molecule has 1 amide bonds. The minimum absolute atomic E-state index is 0.00531. The van der Waals surface area contributed by atoms with Crippen LogP contribution in [0.15, 0.2) is 0 Å². The molecule has 0 rings (SSSR count). The molecule has 0 aromatic carbocycles. The molecule has 5 nitrogen and oxygen atoms in total. The third-order valence-corrected chi connectivity index (χ3v) is 1.81. The van der Waals surface area contributed by atoms with Gasteiger partial charge >= 0.3 is 5.97 Å². The van der Waals surface area contributed by atoms with Gasteiger partial charge in [0.25, 0.3) is 0 Å². The van der Waals surface area contributed by atoms with Gasteiger partial charge in [-0.3, -0.25) is 14.4 Å². The highest BCUT2D eigenvalue weighted by Gasteiger charge is 2.05. The molecule has 5 heteroatoms. The first kappa shape index (κ1) is 13.6. The number of amides is 1. The van der Waals surface area contributed by atoms with E-state index in [1.54, 1.807) is 0 Å². The standard InChI is InChI=1S/C10H17NO4/c1-2-4-9(13)11-7-8(12)5-3-6-10(14)15/h2-7H2,1H3,(H,11,13)(H,14,15). The van der Waals surface area contributed by atoms with Gasteiger partial charge in [0.1, 0.15) is 0 Å². The number of nitrogens with one attached hydrogen (secondary N) is 1. The summed E-state index contributed by atoms with van der Waals surface area (Å²) in [6.07, 6.45) is 1.70. The van der Waals surface area contributed by atoms with Crippen molar-refractivity contribution in [1.29, 1.82) is 0 Å². The van der Waals surface area contributed by atoms with Gasteiger partial charge in [-0.1, -0.05) is 6.92 Å². The fraction of sp³-hybridized carbons (Fsp3) is 0.700. The first-order chi connectivity index (χ1) is 7.06. The zero-order chi connectivity index (χ0) is 11.7. The minimum Gasteiger partial charge on any atom is -0.481 e. The lowest BCUT2D eigenvalue weighted by molar-refractivity contribution is -0.137. The van der Waals surface area contributed by atoms with Crippen LogP contribution in [0.3, 0.4) is 0 Å². The Balaban J connectivity index is 3.49. The summed E-state index contributed by atoms with van der Waals surface area (Å²) in [6, 6.07) is 0. The van der Waals surface area contributed by atoms with Crippen molar-refractivity contribution < 1.29 is 19.5 Å². The molecule has 0 aliphatic rings. The first-order valence-corrected chi connectivity index (χ1v) is 5.06. The van der Waals surface area contributed by atoms with Gasteiger partial charge in [0.2, 0.25) is 5.91 Å². The van der Waals surface area contributed by atoms with Gasteiger partial charge in [-0.2, -0.15) is 0 Å². The molecule has 15 heavy (non-hydrogen) atoms. The van der Waals surface area contributed by atoms with E-state index >= 15 is 0 Å². The number of hydrogen-bond donors (Lipinski definition) is 2. The average Bonchev–Trinajstić information content (AvgIpc) is 2.14. The highest BCUT2D eigenvalue weighted by Crippen LogP contribution is 1.96. The van der Waals surface area contributed by atoms with E-state index in [4.69, 9.17) is 5.11 Å². The van der Waals surface area contributed by atoms with Crippen LogP contribution in [0.2, 0.25) is 0 Å². The maximum Gasteiger partial charge on any atom is 0.303 e. The summed E-state index contributed by atoms with van der Waals surface area (Å²) in [5.41, 5.74) is 0. The van der Waals surface area contributed by atoms with Crippen molar-refractivity contribution in [1.82, 2.24) is 5.32 Å². The number of carbonyl (C=O) groups excluding carboxylic acids is 2. The molecule has 0 unspecified atom stereocenters. The van der Waals surface area contributed by atoms with Gasteiger partial charge in [-0.15, -0.1) is 0 Å². The number of carbonyl (C=O) groups is 3. The van der Waals surface area contributed by atoms with Gasteiger partial charge in [-0.25, -0.2) is 0 Å². The molecule has 0 atom stereocenters. The largest absolute Gasteiger partial charge is 0.481 e. The van der Waals surface area contributed by atoms with Crippen molar-refractivity contribution in [3.8, 4) is 0 Å². The van der Waals surface area contributed by atoms with E-state index in [1.165, 1.54) is 0 Å². The molecular formula is C10H17NO4. The van der Waals surface area contributed by atoms with Crippen molar-refractivity contribution >= 4 is 17.7 Å². The molecule has 0 radical (unpaired) electrons. The third-order valence-electron chi connectivity index (χ3n) is 1.81. The third kappa shape index (κ3) is 8.93. The summed E-state index contributed by atoms with van der Waals surface area (Å²) in [5.74, 6) is -1.16. The predicted octanol–water partition coefficient (Wildman–Crippen LogP) is 0.727. The molecule has 0 bridgehead atoms. The first-order valence-electron chi connectivity index (χ1n) is 5.06. The van der Waals surface area contributed by atoms with Crippen molar-refractivity contribution in [3.63, 3.8) is 0 Å². The van der Waals surface area contributed by atoms with Crippen LogP contribution in [0.1, 0.15) is 39.0 Å². The molecule has 0 aromatic rings. The fourth-order valence-corrected chi connectivity index (χ4v) is 1.04. The number of rotatable bonds is 8. The number of ketones is 1. The molecular weight excluding hydrogens is 198 g/mol. The molecule has 0 spiro atoms. The number of hydrogen-bond acceptors (Lipinski definition) is 3. The van der Waals surface area contributed by atoms with Gasteiger partial charge in [-0.05, 0) is 12.8 Å². The summed E-state index contributed by atoms with van der Waals surface area (Å²) in [7, 11) is 0. The summed E-state index contributed by atoms with van der Waals surface area (Å²) >= 11 is 0. The van der Waals surface area contributed by atoms with Crippen LogP contribution in [-0.2, 0) is 14.4 Å². The predicted molar refractivity (Wildman–Crippen MR) is 54.4 cm³/mol. The second-order valence-corrected chi connectivity index (χ2v) is 3.31. The second-order valence-electron chi connectivity index (χ2n) is 3.31. The number of Topliss-reactive ketones (excluding diaryl/α,β-unsaturated/α-hetero) is 1. The van der Waals surface area contributed by atoms with Crippen molar-refractivity contribution in [3.05, 3.63) is 0 Å². The lowest BCUT2D eigenvalue weighted by atomic mass is 10.2. The van der Waals surface area contributed by atoms with Gasteiger partial charge in [0.05, 0.1) is 6.54 Å². The lowest BCUT2D eigenvalue weighted by Crippen LogP contribution is -2.29. The summed E-state index contributed by atoms with van der Waals surface area (Å²) < 4.78 is 0. The van der Waals surface area contributed by atoms with Crippen molar-refractivity contribution in [2.24, 2.45) is 0 Å².